The summed E-state index contributed by atoms with van der Waals surface area (Å²) in [6.45, 7) is 5.55. The molecule has 2 saturated heterocycles. The molecule has 1 N–H and O–H groups in total. The van der Waals surface area contributed by atoms with Gasteiger partial charge in [0.25, 0.3) is 0 Å². The fraction of sp³-hybridized carbons (Fsp3) is 0.941. The first kappa shape index (κ1) is 18.8. The van der Waals surface area contributed by atoms with E-state index in [1.165, 1.54) is 58.0 Å². The van der Waals surface area contributed by atoms with Crippen LogP contribution in [0.15, 0.2) is 0 Å². The normalized spacial score (nSPS) is 28.3. The Morgan fingerprint density at radius 1 is 1.10 bits per heavy atom. The van der Waals surface area contributed by atoms with Crippen molar-refractivity contribution in [1.29, 1.82) is 0 Å². The van der Waals surface area contributed by atoms with Crippen molar-refractivity contribution < 1.29 is 26.8 Å². The van der Waals surface area contributed by atoms with Gasteiger partial charge < -0.3 is 22.0 Å². The lowest BCUT2D eigenvalue weighted by Gasteiger charge is -2.41. The minimum absolute atomic E-state index is 0. The second-order valence-corrected chi connectivity index (χ2v) is 6.66. The monoisotopic (exact) mass is 317 g/mol. The van der Waals surface area contributed by atoms with Gasteiger partial charge in [0.2, 0.25) is 0 Å². The summed E-state index contributed by atoms with van der Waals surface area (Å²) in [4.78, 5) is 13.6. The molecule has 2 aliphatic rings. The first-order valence-electron chi connectivity index (χ1n) is 8.81. The lowest BCUT2D eigenvalue weighted by atomic mass is 9.84. The average molecular weight is 318 g/mol. The molecule has 1 unspecified atom stereocenters. The van der Waals surface area contributed by atoms with Crippen LogP contribution in [0.5, 0.6) is 0 Å². The van der Waals surface area contributed by atoms with Crippen molar-refractivity contribution in [2.75, 3.05) is 19.7 Å². The first-order chi connectivity index (χ1) is 9.81. The van der Waals surface area contributed by atoms with Gasteiger partial charge in [-0.3, -0.25) is 4.79 Å². The van der Waals surface area contributed by atoms with Gasteiger partial charge in [0.15, 0.2) is 0 Å². The van der Waals surface area contributed by atoms with E-state index in [-0.39, 0.29) is 18.4 Å². The van der Waals surface area contributed by atoms with Gasteiger partial charge in [-0.15, -0.1) is 0 Å². The number of carbonyl (C=O) groups excluding carboxylic acids is 1. The number of nitrogens with one attached hydrogen (secondary N) is 1. The van der Waals surface area contributed by atoms with E-state index in [4.69, 9.17) is 4.74 Å². The van der Waals surface area contributed by atoms with Crippen molar-refractivity contribution in [2.24, 2.45) is 5.92 Å². The number of rotatable bonds is 7. The van der Waals surface area contributed by atoms with Crippen LogP contribution < -0.4 is 17.3 Å². The molecule has 0 radical (unpaired) electrons. The van der Waals surface area contributed by atoms with Gasteiger partial charge in [-0.1, -0.05) is 26.2 Å². The van der Waals surface area contributed by atoms with Gasteiger partial charge in [0.1, 0.15) is 0 Å². The van der Waals surface area contributed by atoms with Crippen LogP contribution in [0.3, 0.4) is 0 Å². The Morgan fingerprint density at radius 3 is 2.71 bits per heavy atom. The molecule has 4 heteroatoms. The molecule has 21 heavy (non-hydrogen) atoms. The second kappa shape index (κ2) is 10.4. The highest BCUT2D eigenvalue weighted by Gasteiger charge is 2.36. The summed E-state index contributed by atoms with van der Waals surface area (Å²) < 4.78 is 5.56. The lowest BCUT2D eigenvalue weighted by molar-refractivity contribution is -0.940. The molecule has 2 rings (SSSR count). The largest absolute Gasteiger partial charge is 1.00 e. The van der Waals surface area contributed by atoms with Crippen LogP contribution in [0.2, 0.25) is 0 Å². The highest BCUT2D eigenvalue weighted by Crippen LogP contribution is 2.20. The quantitative estimate of drug-likeness (QED) is 0.500. The molecule has 0 spiro atoms. The molecule has 124 valence electrons. The molecule has 0 aromatic carbocycles. The van der Waals surface area contributed by atoms with Crippen LogP contribution in [0, 0.1) is 5.92 Å². The molecular weight excluding hydrogens is 286 g/mol. The number of unbranched alkanes of at least 4 members (excludes halogenated alkanes) is 3. The van der Waals surface area contributed by atoms with Gasteiger partial charge in [0, 0.05) is 12.3 Å². The van der Waals surface area contributed by atoms with E-state index in [9.17, 15) is 4.79 Å². The number of hydrogen-bond acceptors (Lipinski definition) is 2. The van der Waals surface area contributed by atoms with Crippen molar-refractivity contribution in [2.45, 2.75) is 77.2 Å². The molecule has 0 saturated carbocycles. The lowest BCUT2D eigenvalue weighted by Crippen LogP contribution is -3.18. The molecule has 0 amide bonds. The third-order valence-electron chi connectivity index (χ3n) is 5.12. The van der Waals surface area contributed by atoms with Crippen LogP contribution in [-0.4, -0.2) is 31.7 Å². The first-order valence-corrected chi connectivity index (χ1v) is 8.81. The number of carbonyl (C=O) groups is 1. The van der Waals surface area contributed by atoms with Gasteiger partial charge >= 0.3 is 5.97 Å². The van der Waals surface area contributed by atoms with Crippen LogP contribution in [-0.2, 0) is 9.53 Å². The van der Waals surface area contributed by atoms with Crippen molar-refractivity contribution in [3.8, 4) is 0 Å². The van der Waals surface area contributed by atoms with E-state index in [1.54, 1.807) is 4.90 Å². The highest BCUT2D eigenvalue weighted by molar-refractivity contribution is 5.69. The fourth-order valence-electron chi connectivity index (χ4n) is 3.95. The van der Waals surface area contributed by atoms with Crippen molar-refractivity contribution in [3.63, 3.8) is 0 Å². The Labute approximate surface area is 136 Å². The third-order valence-corrected chi connectivity index (χ3v) is 5.12. The minimum atomic E-state index is 0. The maximum absolute atomic E-state index is 11.8. The van der Waals surface area contributed by atoms with E-state index >= 15 is 0 Å². The molecule has 3 nitrogen and oxygen atoms in total. The molecule has 3 atom stereocenters. The Hall–Kier alpha value is -0.280. The second-order valence-electron chi connectivity index (χ2n) is 6.66. The SMILES string of the molecule is CCCCCCC(=O)OC[C@@H]1CCC[NH+]2CCCC[C@H]12.[Cl-]. The topological polar surface area (TPSA) is 30.7 Å². The summed E-state index contributed by atoms with van der Waals surface area (Å²) in [5.74, 6) is 0.655. The molecule has 2 heterocycles. The molecule has 0 aromatic heterocycles. The summed E-state index contributed by atoms with van der Waals surface area (Å²) in [7, 11) is 0. The van der Waals surface area contributed by atoms with Crippen molar-refractivity contribution >= 4 is 5.97 Å². The highest BCUT2D eigenvalue weighted by atomic mass is 35.5. The van der Waals surface area contributed by atoms with Crippen LogP contribution in [0.25, 0.3) is 0 Å². The van der Waals surface area contributed by atoms with Crippen LogP contribution in [0.1, 0.15) is 71.1 Å². The van der Waals surface area contributed by atoms with Gasteiger partial charge in [0.05, 0.1) is 25.7 Å². The Kier molecular flexibility index (Phi) is 9.34. The maximum Gasteiger partial charge on any atom is 0.305 e. The smallest absolute Gasteiger partial charge is 0.305 e. The van der Waals surface area contributed by atoms with E-state index < -0.39 is 0 Å². The number of esters is 1. The van der Waals surface area contributed by atoms with E-state index in [0.717, 1.165) is 18.9 Å². The molecular formula is C17H32ClNO2. The van der Waals surface area contributed by atoms with Crippen LogP contribution >= 0.6 is 0 Å². The summed E-state index contributed by atoms with van der Waals surface area (Å²) >= 11 is 0. The Balaban J connectivity index is 0.00000220. The van der Waals surface area contributed by atoms with Crippen LogP contribution in [0.4, 0.5) is 0 Å². The predicted octanol–water partition coefficient (Wildman–Crippen LogP) is -0.649. The van der Waals surface area contributed by atoms with E-state index in [1.807, 2.05) is 0 Å². The number of fused-ring (bicyclic) bond motifs is 1. The number of piperidine rings is 2. The number of hydrogen-bond donors (Lipinski definition) is 1. The Bertz CT molecular complexity index is 297. The van der Waals surface area contributed by atoms with Gasteiger partial charge in [-0.25, -0.2) is 0 Å². The summed E-state index contributed by atoms with van der Waals surface area (Å²) in [6, 6.07) is 0.769. The van der Waals surface area contributed by atoms with E-state index in [2.05, 4.69) is 6.92 Å². The predicted molar refractivity (Wildman–Crippen MR) is 80.8 cm³/mol. The molecule has 2 fully saturated rings. The number of quaternary nitrogens is 1. The summed E-state index contributed by atoms with van der Waals surface area (Å²) in [6.07, 6.45) is 11.9. The van der Waals surface area contributed by atoms with Crippen molar-refractivity contribution in [3.05, 3.63) is 0 Å². The third kappa shape index (κ3) is 6.15. The molecule has 2 aliphatic heterocycles. The maximum atomic E-state index is 11.8. The zero-order valence-corrected chi connectivity index (χ0v) is 14.3. The Morgan fingerprint density at radius 2 is 1.90 bits per heavy atom. The van der Waals surface area contributed by atoms with E-state index in [0.29, 0.717) is 18.9 Å². The number of ether oxygens (including phenoxy) is 1. The molecule has 0 aliphatic carbocycles. The minimum Gasteiger partial charge on any atom is -1.00 e. The zero-order chi connectivity index (χ0) is 14.2. The fourth-order valence-corrected chi connectivity index (χ4v) is 3.95. The van der Waals surface area contributed by atoms with Gasteiger partial charge in [-0.2, -0.15) is 0 Å². The summed E-state index contributed by atoms with van der Waals surface area (Å²) in [5.41, 5.74) is 0. The molecule has 0 aromatic rings. The van der Waals surface area contributed by atoms with Crippen molar-refractivity contribution in [1.82, 2.24) is 0 Å². The number of halogens is 1. The van der Waals surface area contributed by atoms with Gasteiger partial charge in [-0.05, 0) is 38.5 Å². The summed E-state index contributed by atoms with van der Waals surface area (Å²) in [5, 5.41) is 0. The average Bonchev–Trinajstić information content (AvgIpc) is 2.49. The standard InChI is InChI=1S/C17H31NO2.ClH/c1-2-3-4-5-11-17(19)20-14-15-9-8-13-18-12-7-6-10-16(15)18;/h15-16H,2-14H2,1H3;1H/t15-,16+;/m0./s1. The molecule has 0 bridgehead atoms. The zero-order valence-electron chi connectivity index (χ0n) is 13.5.